The third-order valence-electron chi connectivity index (χ3n) is 4.09. The molecule has 1 aromatic rings. The lowest BCUT2D eigenvalue weighted by Crippen LogP contribution is -2.11. The number of hydrogen-bond donors (Lipinski definition) is 0. The summed E-state index contributed by atoms with van der Waals surface area (Å²) in [6.07, 6.45) is 15.4. The number of fused-ring (bicyclic) bond motifs is 3. The molecule has 0 atom stereocenters. The van der Waals surface area contributed by atoms with Crippen molar-refractivity contribution in [2.45, 2.75) is 33.2 Å². The van der Waals surface area contributed by atoms with Crippen molar-refractivity contribution < 1.29 is 0 Å². The first-order valence-corrected chi connectivity index (χ1v) is 7.15. The lowest BCUT2D eigenvalue weighted by Gasteiger charge is -2.12. The van der Waals surface area contributed by atoms with Crippen LogP contribution >= 0.6 is 0 Å². The zero-order valence-electron chi connectivity index (χ0n) is 12.9. The molecule has 1 aliphatic heterocycles. The van der Waals surface area contributed by atoms with Crippen LogP contribution in [0, 0.1) is 5.41 Å². The Labute approximate surface area is 121 Å². The number of rotatable bonds is 0. The minimum Gasteiger partial charge on any atom is -0.342 e. The van der Waals surface area contributed by atoms with E-state index in [9.17, 15) is 0 Å². The topological polar surface area (TPSA) is 17.3 Å². The largest absolute Gasteiger partial charge is 0.342 e. The Morgan fingerprint density at radius 1 is 0.850 bits per heavy atom. The summed E-state index contributed by atoms with van der Waals surface area (Å²) < 4.78 is 2.24. The summed E-state index contributed by atoms with van der Waals surface area (Å²) in [7, 11) is 2.12. The fraction of sp³-hybridized carbons (Fsp3) is 0.389. The Bertz CT molecular complexity index is 619. The van der Waals surface area contributed by atoms with Crippen LogP contribution in [0.5, 0.6) is 0 Å². The van der Waals surface area contributed by atoms with Crippen LogP contribution in [0.4, 0.5) is 0 Å². The molecule has 0 unspecified atom stereocenters. The third-order valence-corrected chi connectivity index (χ3v) is 4.09. The van der Waals surface area contributed by atoms with Crippen molar-refractivity contribution in [1.29, 1.82) is 0 Å². The van der Waals surface area contributed by atoms with Gasteiger partial charge in [-0.3, -0.25) is 4.99 Å². The maximum Gasteiger partial charge on any atom is 0.0735 e. The average Bonchev–Trinajstić information content (AvgIpc) is 2.48. The van der Waals surface area contributed by atoms with Crippen LogP contribution in [0.1, 0.15) is 50.2 Å². The molecule has 0 bridgehead atoms. The number of nitrogens with zero attached hydrogens (tertiary/aromatic N) is 2. The second-order valence-electron chi connectivity index (χ2n) is 6.89. The molecule has 0 amide bonds. The van der Waals surface area contributed by atoms with E-state index in [1.54, 1.807) is 0 Å². The monoisotopic (exact) mass is 266 g/mol. The molecule has 0 aromatic carbocycles. The number of hydrogen-bond acceptors (Lipinski definition) is 1. The van der Waals surface area contributed by atoms with E-state index in [-0.39, 0.29) is 11.0 Å². The lowest BCUT2D eigenvalue weighted by atomic mass is 9.93. The Kier molecular flexibility index (Phi) is 2.69. The molecule has 2 aliphatic rings. The Balaban J connectivity index is 2.24. The van der Waals surface area contributed by atoms with Gasteiger partial charge >= 0.3 is 0 Å². The number of aliphatic imine (C=N–C) groups is 1. The maximum atomic E-state index is 4.67. The quantitative estimate of drug-likeness (QED) is 0.665. The van der Waals surface area contributed by atoms with Crippen LogP contribution in [0.3, 0.4) is 0 Å². The molecule has 2 heteroatoms. The molecule has 1 aromatic heterocycles. The Morgan fingerprint density at radius 2 is 1.45 bits per heavy atom. The predicted molar refractivity (Wildman–Crippen MR) is 88.0 cm³/mol. The molecule has 0 saturated carbocycles. The van der Waals surface area contributed by atoms with E-state index < -0.39 is 0 Å². The summed E-state index contributed by atoms with van der Waals surface area (Å²) in [5.41, 5.74) is 4.99. The highest BCUT2D eigenvalue weighted by Gasteiger charge is 2.22. The van der Waals surface area contributed by atoms with Gasteiger partial charge in [-0.2, -0.15) is 0 Å². The van der Waals surface area contributed by atoms with E-state index in [1.807, 2.05) is 6.21 Å². The summed E-state index contributed by atoms with van der Waals surface area (Å²) in [6, 6.07) is 0. The van der Waals surface area contributed by atoms with Crippen molar-refractivity contribution >= 4 is 24.4 Å². The Morgan fingerprint density at radius 3 is 2.20 bits per heavy atom. The van der Waals surface area contributed by atoms with Crippen molar-refractivity contribution in [2.75, 3.05) is 0 Å². The Hall–Kier alpha value is -1.83. The van der Waals surface area contributed by atoms with Gasteiger partial charge in [-0.1, -0.05) is 44.2 Å². The molecular weight excluding hydrogens is 244 g/mol. The highest BCUT2D eigenvalue weighted by atomic mass is 15.0. The lowest BCUT2D eigenvalue weighted by molar-refractivity contribution is 0.633. The third kappa shape index (κ3) is 2.09. The fourth-order valence-corrected chi connectivity index (χ4v) is 2.68. The van der Waals surface area contributed by atoms with E-state index in [4.69, 9.17) is 0 Å². The number of allylic oxidation sites excluding steroid dienone is 2. The van der Waals surface area contributed by atoms with Crippen molar-refractivity contribution in [1.82, 2.24) is 4.57 Å². The van der Waals surface area contributed by atoms with Crippen molar-refractivity contribution in [3.63, 3.8) is 0 Å². The molecule has 0 N–H and O–H groups in total. The predicted octanol–water partition coefficient (Wildman–Crippen LogP) is 4.32. The standard InChI is InChI=1S/C18H22N2/c1-17(2)9-6-13-14-7-11-18(3,4)19-12-16(14)20(5)15(13)8-10-17/h6-12H,1-5H3. The van der Waals surface area contributed by atoms with Gasteiger partial charge in [0.15, 0.2) is 0 Å². The molecule has 0 spiro atoms. The second-order valence-corrected chi connectivity index (χ2v) is 6.89. The summed E-state index contributed by atoms with van der Waals surface area (Å²) in [6.45, 7) is 8.71. The van der Waals surface area contributed by atoms with E-state index in [1.165, 1.54) is 22.5 Å². The van der Waals surface area contributed by atoms with E-state index in [2.05, 4.69) is 80.8 Å². The van der Waals surface area contributed by atoms with E-state index in [0.717, 1.165) is 0 Å². The molecule has 20 heavy (non-hydrogen) atoms. The molecule has 1 aliphatic carbocycles. The highest BCUT2D eigenvalue weighted by molar-refractivity contribution is 5.91. The van der Waals surface area contributed by atoms with Crippen molar-refractivity contribution in [2.24, 2.45) is 17.5 Å². The smallest absolute Gasteiger partial charge is 0.0735 e. The molecule has 0 radical (unpaired) electrons. The van der Waals surface area contributed by atoms with Gasteiger partial charge < -0.3 is 4.57 Å². The molecular formula is C18H22N2. The summed E-state index contributed by atoms with van der Waals surface area (Å²) in [5, 5.41) is 0. The van der Waals surface area contributed by atoms with Gasteiger partial charge in [0.05, 0.1) is 11.2 Å². The van der Waals surface area contributed by atoms with E-state index in [0.29, 0.717) is 0 Å². The summed E-state index contributed by atoms with van der Waals surface area (Å²) in [5.74, 6) is 0. The van der Waals surface area contributed by atoms with Gasteiger partial charge in [0, 0.05) is 35.5 Å². The molecule has 2 nitrogen and oxygen atoms in total. The SMILES string of the molecule is Cn1c2c(c3c1C=NC(C)(C)C=C3)C=CC(C)(C)C=C2. The first kappa shape index (κ1) is 13.2. The van der Waals surface area contributed by atoms with Crippen LogP contribution in [-0.4, -0.2) is 16.3 Å². The van der Waals surface area contributed by atoms with Crippen LogP contribution in [0.15, 0.2) is 23.2 Å². The van der Waals surface area contributed by atoms with Gasteiger partial charge in [0.1, 0.15) is 0 Å². The van der Waals surface area contributed by atoms with Gasteiger partial charge in [0.2, 0.25) is 0 Å². The van der Waals surface area contributed by atoms with Gasteiger partial charge in [-0.15, -0.1) is 0 Å². The first-order valence-electron chi connectivity index (χ1n) is 7.15. The van der Waals surface area contributed by atoms with Gasteiger partial charge in [0.25, 0.3) is 0 Å². The second kappa shape index (κ2) is 4.08. The summed E-state index contributed by atoms with van der Waals surface area (Å²) in [4.78, 5) is 4.67. The van der Waals surface area contributed by atoms with Crippen LogP contribution < -0.4 is 0 Å². The first-order chi connectivity index (χ1) is 9.29. The average molecular weight is 266 g/mol. The zero-order valence-corrected chi connectivity index (χ0v) is 12.9. The maximum absolute atomic E-state index is 4.67. The van der Waals surface area contributed by atoms with Crippen LogP contribution in [-0.2, 0) is 7.05 Å². The van der Waals surface area contributed by atoms with E-state index >= 15 is 0 Å². The fourth-order valence-electron chi connectivity index (χ4n) is 2.68. The van der Waals surface area contributed by atoms with Gasteiger partial charge in [-0.25, -0.2) is 0 Å². The molecule has 0 saturated heterocycles. The molecule has 2 heterocycles. The van der Waals surface area contributed by atoms with Crippen LogP contribution in [0.25, 0.3) is 18.2 Å². The van der Waals surface area contributed by atoms with Crippen LogP contribution in [0.2, 0.25) is 0 Å². The molecule has 0 fully saturated rings. The minimum absolute atomic E-state index is 0.105. The molecule has 104 valence electrons. The minimum atomic E-state index is -0.130. The van der Waals surface area contributed by atoms with Crippen molar-refractivity contribution in [3.05, 3.63) is 40.7 Å². The van der Waals surface area contributed by atoms with Gasteiger partial charge in [-0.05, 0) is 19.9 Å². The normalized spacial score (nSPS) is 21.2. The molecule has 3 rings (SSSR count). The summed E-state index contributed by atoms with van der Waals surface area (Å²) >= 11 is 0. The van der Waals surface area contributed by atoms with Crippen molar-refractivity contribution in [3.8, 4) is 0 Å². The number of aromatic nitrogens is 1. The highest BCUT2D eigenvalue weighted by Crippen LogP contribution is 2.34. The zero-order chi connectivity index (χ0) is 14.5.